The number of hydrogen-bond donors (Lipinski definition) is 2. The zero-order valence-electron chi connectivity index (χ0n) is 11.7. The van der Waals surface area contributed by atoms with Crippen molar-refractivity contribution in [3.63, 3.8) is 0 Å². The van der Waals surface area contributed by atoms with E-state index in [1.54, 1.807) is 23.1 Å². The molecule has 1 aromatic rings. The average molecular weight is 280 g/mol. The third kappa shape index (κ3) is 2.86. The Kier molecular flexibility index (Phi) is 4.46. The van der Waals surface area contributed by atoms with Gasteiger partial charge < -0.3 is 25.2 Å². The molecule has 3 N–H and O–H groups in total. The summed E-state index contributed by atoms with van der Waals surface area (Å²) in [5.41, 5.74) is 6.04. The van der Waals surface area contributed by atoms with Crippen molar-refractivity contribution in [3.8, 4) is 11.5 Å². The number of hydrogen-bond acceptors (Lipinski definition) is 5. The monoisotopic (exact) mass is 280 g/mol. The minimum atomic E-state index is -0.240. The van der Waals surface area contributed by atoms with Crippen LogP contribution in [0.15, 0.2) is 18.2 Å². The molecule has 20 heavy (non-hydrogen) atoms. The Hall–Kier alpha value is -1.79. The molecule has 2 unspecified atom stereocenters. The fourth-order valence-electron chi connectivity index (χ4n) is 2.21. The Labute approximate surface area is 118 Å². The van der Waals surface area contributed by atoms with Gasteiger partial charge in [-0.2, -0.15) is 0 Å². The van der Waals surface area contributed by atoms with Crippen molar-refractivity contribution in [2.45, 2.75) is 19.1 Å². The predicted octanol–water partition coefficient (Wildman–Crippen LogP) is 0.589. The molecule has 0 saturated carbocycles. The van der Waals surface area contributed by atoms with Crippen LogP contribution < -0.4 is 10.5 Å². The second-order valence-electron chi connectivity index (χ2n) is 4.88. The Morgan fingerprint density at radius 3 is 3.00 bits per heavy atom. The molecule has 110 valence electrons. The number of carbonyl (C=O) groups excluding carboxylic acids is 1. The lowest BCUT2D eigenvalue weighted by molar-refractivity contribution is -0.0300. The molecule has 6 nitrogen and oxygen atoms in total. The average Bonchev–Trinajstić information content (AvgIpc) is 2.47. The van der Waals surface area contributed by atoms with Crippen LogP contribution in [0.2, 0.25) is 0 Å². The summed E-state index contributed by atoms with van der Waals surface area (Å²) >= 11 is 0. The van der Waals surface area contributed by atoms with Crippen LogP contribution in [0.3, 0.4) is 0 Å². The smallest absolute Gasteiger partial charge is 0.257 e. The molecule has 1 aliphatic heterocycles. The summed E-state index contributed by atoms with van der Waals surface area (Å²) in [5, 5.41) is 10.0. The zero-order chi connectivity index (χ0) is 14.7. The maximum absolute atomic E-state index is 12.5. The van der Waals surface area contributed by atoms with E-state index in [2.05, 4.69) is 0 Å². The van der Waals surface area contributed by atoms with Crippen molar-refractivity contribution >= 4 is 5.91 Å². The molecule has 1 aliphatic rings. The van der Waals surface area contributed by atoms with Gasteiger partial charge in [0.2, 0.25) is 0 Å². The second kappa shape index (κ2) is 6.11. The van der Waals surface area contributed by atoms with E-state index < -0.39 is 0 Å². The molecule has 0 spiro atoms. The molecule has 1 amide bonds. The SMILES string of the molecule is COc1cccc(C(=O)N2CCOC(C(C)N)C2)c1O. The lowest BCUT2D eigenvalue weighted by Gasteiger charge is -2.34. The molecule has 1 fully saturated rings. The maximum Gasteiger partial charge on any atom is 0.257 e. The van der Waals surface area contributed by atoms with Gasteiger partial charge in [0, 0.05) is 19.1 Å². The first kappa shape index (κ1) is 14.6. The van der Waals surface area contributed by atoms with E-state index >= 15 is 0 Å². The Bertz CT molecular complexity index is 490. The summed E-state index contributed by atoms with van der Waals surface area (Å²) in [4.78, 5) is 14.1. The number of phenolic OH excluding ortho intramolecular Hbond substituents is 1. The van der Waals surface area contributed by atoms with Crippen molar-refractivity contribution in [2.75, 3.05) is 26.8 Å². The van der Waals surface area contributed by atoms with Gasteiger partial charge in [0.05, 0.1) is 25.4 Å². The second-order valence-corrected chi connectivity index (χ2v) is 4.88. The number of amides is 1. The lowest BCUT2D eigenvalue weighted by atomic mass is 10.1. The van der Waals surface area contributed by atoms with E-state index in [0.717, 1.165) is 0 Å². The van der Waals surface area contributed by atoms with E-state index in [1.807, 2.05) is 6.92 Å². The molecule has 0 bridgehead atoms. The zero-order valence-corrected chi connectivity index (χ0v) is 11.7. The number of para-hydroxylation sites is 1. The molecular formula is C14H20N2O4. The molecule has 0 aromatic heterocycles. The molecule has 6 heteroatoms. The van der Waals surface area contributed by atoms with Gasteiger partial charge in [0.15, 0.2) is 11.5 Å². The molecule has 0 aliphatic carbocycles. The quantitative estimate of drug-likeness (QED) is 0.846. The largest absolute Gasteiger partial charge is 0.504 e. The van der Waals surface area contributed by atoms with Gasteiger partial charge in [-0.25, -0.2) is 0 Å². The first-order valence-electron chi connectivity index (χ1n) is 6.57. The minimum Gasteiger partial charge on any atom is -0.504 e. The van der Waals surface area contributed by atoms with E-state index in [-0.39, 0.29) is 35.1 Å². The summed E-state index contributed by atoms with van der Waals surface area (Å²) in [6.07, 6.45) is -0.180. The Balaban J connectivity index is 2.19. The predicted molar refractivity (Wildman–Crippen MR) is 74.0 cm³/mol. The van der Waals surface area contributed by atoms with Crippen LogP contribution in [-0.2, 0) is 4.74 Å². The van der Waals surface area contributed by atoms with Gasteiger partial charge in [0.1, 0.15) is 0 Å². The highest BCUT2D eigenvalue weighted by Crippen LogP contribution is 2.30. The van der Waals surface area contributed by atoms with Gasteiger partial charge in [-0.3, -0.25) is 4.79 Å². The number of rotatable bonds is 3. The molecule has 1 saturated heterocycles. The topological polar surface area (TPSA) is 85.0 Å². The first-order chi connectivity index (χ1) is 9.54. The van der Waals surface area contributed by atoms with Gasteiger partial charge in [0.25, 0.3) is 5.91 Å². The minimum absolute atomic E-state index is 0.135. The number of nitrogens with two attached hydrogens (primary N) is 1. The number of benzene rings is 1. The fourth-order valence-corrected chi connectivity index (χ4v) is 2.21. The highest BCUT2D eigenvalue weighted by atomic mass is 16.5. The van der Waals surface area contributed by atoms with Crippen LogP contribution >= 0.6 is 0 Å². The summed E-state index contributed by atoms with van der Waals surface area (Å²) in [5.74, 6) is -0.0907. The van der Waals surface area contributed by atoms with Crippen LogP contribution in [0.1, 0.15) is 17.3 Å². The Morgan fingerprint density at radius 1 is 1.60 bits per heavy atom. The number of carbonyl (C=O) groups is 1. The highest BCUT2D eigenvalue weighted by molar-refractivity contribution is 5.97. The van der Waals surface area contributed by atoms with Gasteiger partial charge >= 0.3 is 0 Å². The summed E-state index contributed by atoms with van der Waals surface area (Å²) < 4.78 is 10.5. The molecule has 1 aromatic carbocycles. The van der Waals surface area contributed by atoms with Crippen LogP contribution in [0.4, 0.5) is 0 Å². The van der Waals surface area contributed by atoms with Crippen molar-refractivity contribution in [3.05, 3.63) is 23.8 Å². The summed E-state index contributed by atoms with van der Waals surface area (Å²) in [6.45, 7) is 3.20. The van der Waals surface area contributed by atoms with Crippen LogP contribution in [0.5, 0.6) is 11.5 Å². The van der Waals surface area contributed by atoms with Gasteiger partial charge in [-0.05, 0) is 19.1 Å². The van der Waals surface area contributed by atoms with Gasteiger partial charge in [-0.1, -0.05) is 6.07 Å². The van der Waals surface area contributed by atoms with Crippen molar-refractivity contribution in [2.24, 2.45) is 5.73 Å². The summed E-state index contributed by atoms with van der Waals surface area (Å²) in [7, 11) is 1.45. The third-order valence-corrected chi connectivity index (χ3v) is 3.42. The van der Waals surface area contributed by atoms with E-state index in [4.69, 9.17) is 15.2 Å². The van der Waals surface area contributed by atoms with Crippen molar-refractivity contribution < 1.29 is 19.4 Å². The van der Waals surface area contributed by atoms with E-state index in [9.17, 15) is 9.90 Å². The maximum atomic E-state index is 12.5. The number of ether oxygens (including phenoxy) is 2. The first-order valence-corrected chi connectivity index (χ1v) is 6.57. The summed E-state index contributed by atoms with van der Waals surface area (Å²) in [6, 6.07) is 4.71. The molecule has 2 atom stereocenters. The number of methoxy groups -OCH3 is 1. The molecule has 1 heterocycles. The standard InChI is InChI=1S/C14H20N2O4/c1-9(15)12-8-16(6-7-20-12)14(18)10-4-3-5-11(19-2)13(10)17/h3-5,9,12,17H,6-8,15H2,1-2H3. The molecular weight excluding hydrogens is 260 g/mol. The normalized spacial score (nSPS) is 20.6. The number of morpholine rings is 1. The van der Waals surface area contributed by atoms with Gasteiger partial charge in [-0.15, -0.1) is 0 Å². The lowest BCUT2D eigenvalue weighted by Crippen LogP contribution is -2.51. The van der Waals surface area contributed by atoms with Crippen LogP contribution in [0, 0.1) is 0 Å². The van der Waals surface area contributed by atoms with Crippen LogP contribution in [-0.4, -0.2) is 54.9 Å². The molecule has 0 radical (unpaired) electrons. The van der Waals surface area contributed by atoms with Crippen molar-refractivity contribution in [1.29, 1.82) is 0 Å². The van der Waals surface area contributed by atoms with Crippen LogP contribution in [0.25, 0.3) is 0 Å². The Morgan fingerprint density at radius 2 is 2.35 bits per heavy atom. The third-order valence-electron chi connectivity index (χ3n) is 3.42. The number of phenols is 1. The van der Waals surface area contributed by atoms with Crippen molar-refractivity contribution in [1.82, 2.24) is 4.90 Å². The van der Waals surface area contributed by atoms with E-state index in [1.165, 1.54) is 7.11 Å². The number of nitrogens with zero attached hydrogens (tertiary/aromatic N) is 1. The highest BCUT2D eigenvalue weighted by Gasteiger charge is 2.28. The fraction of sp³-hybridized carbons (Fsp3) is 0.500. The number of aromatic hydroxyl groups is 1. The molecule has 2 rings (SSSR count). The van der Waals surface area contributed by atoms with E-state index in [0.29, 0.717) is 19.7 Å².